The highest BCUT2D eigenvalue weighted by atomic mass is 16.2. The van der Waals surface area contributed by atoms with E-state index in [1.165, 1.54) is 12.8 Å². The highest BCUT2D eigenvalue weighted by molar-refractivity contribution is 5.93. The Balaban J connectivity index is 1.50. The number of nitrogens with two attached hydrogens (primary N) is 1. The summed E-state index contributed by atoms with van der Waals surface area (Å²) in [5, 5.41) is 0. The number of piperidine rings is 2. The van der Waals surface area contributed by atoms with Gasteiger partial charge in [0.15, 0.2) is 0 Å². The largest absolute Gasteiger partial charge is 0.366 e. The molecule has 25 heavy (non-hydrogen) atoms. The number of hydrogen-bond donors (Lipinski definition) is 1. The number of rotatable bonds is 4. The van der Waals surface area contributed by atoms with Crippen LogP contribution in [0.3, 0.4) is 0 Å². The Morgan fingerprint density at radius 3 is 2.92 bits per heavy atom. The first-order chi connectivity index (χ1) is 12.0. The minimum Gasteiger partial charge on any atom is -0.366 e. The first-order valence-corrected chi connectivity index (χ1v) is 9.33. The molecule has 1 aliphatic carbocycles. The second-order valence-corrected chi connectivity index (χ2v) is 8.01. The number of primary amides is 1. The van der Waals surface area contributed by atoms with Gasteiger partial charge in [0.1, 0.15) is 5.82 Å². The molecular weight excluding hydrogens is 316 g/mol. The maximum absolute atomic E-state index is 12.3. The molecule has 1 atom stereocenters. The molecule has 1 aromatic heterocycles. The maximum Gasteiger partial charge on any atom is 0.248 e. The first-order valence-electron chi connectivity index (χ1n) is 9.33. The molecule has 0 bridgehead atoms. The standard InChI is InChI=1S/C19H26N4O2/c20-18(25)15-5-8-21-16(10-15)22-9-1-6-19(12-22)7-4-17(24)23(13-19)11-14-2-3-14/h5,8,10,14H,1-4,6-7,9,11-13H2,(H2,20,25). The molecule has 4 rings (SSSR count). The number of amides is 2. The number of nitrogens with zero attached hydrogens (tertiary/aromatic N) is 3. The van der Waals surface area contributed by atoms with Gasteiger partial charge < -0.3 is 15.5 Å². The minimum absolute atomic E-state index is 0.158. The lowest BCUT2D eigenvalue weighted by molar-refractivity contribution is -0.138. The van der Waals surface area contributed by atoms with E-state index in [1.807, 2.05) is 0 Å². The van der Waals surface area contributed by atoms with Gasteiger partial charge in [-0.2, -0.15) is 0 Å². The van der Waals surface area contributed by atoms with Crippen LogP contribution < -0.4 is 10.6 Å². The van der Waals surface area contributed by atoms with Crippen LogP contribution in [0, 0.1) is 11.3 Å². The summed E-state index contributed by atoms with van der Waals surface area (Å²) in [6.45, 7) is 3.65. The number of anilines is 1. The summed E-state index contributed by atoms with van der Waals surface area (Å²) in [5.74, 6) is 1.45. The predicted molar refractivity (Wildman–Crippen MR) is 95.2 cm³/mol. The van der Waals surface area contributed by atoms with Crippen molar-refractivity contribution in [2.24, 2.45) is 17.1 Å². The van der Waals surface area contributed by atoms with Gasteiger partial charge in [-0.1, -0.05) is 0 Å². The number of likely N-dealkylation sites (tertiary alicyclic amines) is 1. The molecule has 2 amide bonds. The molecule has 3 fully saturated rings. The first kappa shape index (κ1) is 16.4. The third kappa shape index (κ3) is 3.48. The Kier molecular flexibility index (Phi) is 4.13. The van der Waals surface area contributed by atoms with E-state index < -0.39 is 5.91 Å². The number of carbonyl (C=O) groups excluding carboxylic acids is 2. The van der Waals surface area contributed by atoms with Crippen LogP contribution in [-0.4, -0.2) is 47.9 Å². The zero-order valence-corrected chi connectivity index (χ0v) is 14.6. The van der Waals surface area contributed by atoms with E-state index in [4.69, 9.17) is 5.73 Å². The lowest BCUT2D eigenvalue weighted by atomic mass is 9.73. The highest BCUT2D eigenvalue weighted by Gasteiger charge is 2.43. The van der Waals surface area contributed by atoms with Crippen molar-refractivity contribution in [2.75, 3.05) is 31.1 Å². The summed E-state index contributed by atoms with van der Waals surface area (Å²) in [6.07, 6.45) is 8.07. The Morgan fingerprint density at radius 1 is 1.32 bits per heavy atom. The summed E-state index contributed by atoms with van der Waals surface area (Å²) < 4.78 is 0. The molecule has 1 spiro atoms. The smallest absolute Gasteiger partial charge is 0.248 e. The normalized spacial score (nSPS) is 27.0. The number of hydrogen-bond acceptors (Lipinski definition) is 4. The summed E-state index contributed by atoms with van der Waals surface area (Å²) in [7, 11) is 0. The van der Waals surface area contributed by atoms with Crippen molar-refractivity contribution in [3.63, 3.8) is 0 Å². The molecule has 134 valence electrons. The Hall–Kier alpha value is -2.11. The SMILES string of the molecule is NC(=O)c1ccnc(N2CCCC3(CCC(=O)N(CC4CC4)C3)C2)c1. The zero-order valence-electron chi connectivity index (χ0n) is 14.6. The van der Waals surface area contributed by atoms with Gasteiger partial charge in [-0.15, -0.1) is 0 Å². The molecule has 0 radical (unpaired) electrons. The highest BCUT2D eigenvalue weighted by Crippen LogP contribution is 2.41. The molecule has 3 aliphatic rings. The van der Waals surface area contributed by atoms with Gasteiger partial charge in [0.2, 0.25) is 11.8 Å². The van der Waals surface area contributed by atoms with Crippen LogP contribution in [0.1, 0.15) is 48.9 Å². The second kappa shape index (κ2) is 6.32. The van der Waals surface area contributed by atoms with Gasteiger partial charge in [0, 0.05) is 49.8 Å². The minimum atomic E-state index is -0.422. The summed E-state index contributed by atoms with van der Waals surface area (Å²) in [5.41, 5.74) is 6.06. The van der Waals surface area contributed by atoms with Gasteiger partial charge in [-0.05, 0) is 50.2 Å². The molecular formula is C19H26N4O2. The van der Waals surface area contributed by atoms with Gasteiger partial charge in [-0.25, -0.2) is 4.98 Å². The fourth-order valence-electron chi connectivity index (χ4n) is 4.36. The van der Waals surface area contributed by atoms with Crippen molar-refractivity contribution in [3.05, 3.63) is 23.9 Å². The van der Waals surface area contributed by atoms with Crippen LogP contribution >= 0.6 is 0 Å². The van der Waals surface area contributed by atoms with Crippen LogP contribution in [0.5, 0.6) is 0 Å². The van der Waals surface area contributed by atoms with Crippen molar-refractivity contribution >= 4 is 17.6 Å². The molecule has 6 heteroatoms. The van der Waals surface area contributed by atoms with Crippen molar-refractivity contribution in [2.45, 2.75) is 38.5 Å². The summed E-state index contributed by atoms with van der Waals surface area (Å²) >= 11 is 0. The Bertz CT molecular complexity index is 688. The molecule has 1 unspecified atom stereocenters. The van der Waals surface area contributed by atoms with Gasteiger partial charge in [0.05, 0.1) is 0 Å². The molecule has 2 aliphatic heterocycles. The van der Waals surface area contributed by atoms with E-state index in [9.17, 15) is 9.59 Å². The Morgan fingerprint density at radius 2 is 2.16 bits per heavy atom. The average molecular weight is 342 g/mol. The Labute approximate surface area is 148 Å². The van der Waals surface area contributed by atoms with Crippen LogP contribution in [0.15, 0.2) is 18.3 Å². The van der Waals surface area contributed by atoms with Crippen LogP contribution in [-0.2, 0) is 4.79 Å². The van der Waals surface area contributed by atoms with E-state index in [2.05, 4.69) is 14.8 Å². The molecule has 1 aromatic rings. The molecule has 2 N–H and O–H groups in total. The maximum atomic E-state index is 12.3. The summed E-state index contributed by atoms with van der Waals surface area (Å²) in [4.78, 5) is 32.6. The van der Waals surface area contributed by atoms with Crippen LogP contribution in [0.25, 0.3) is 0 Å². The third-order valence-corrected chi connectivity index (χ3v) is 5.94. The fourth-order valence-corrected chi connectivity index (χ4v) is 4.36. The fraction of sp³-hybridized carbons (Fsp3) is 0.632. The lowest BCUT2D eigenvalue weighted by Gasteiger charge is -2.48. The number of pyridine rings is 1. The third-order valence-electron chi connectivity index (χ3n) is 5.94. The second-order valence-electron chi connectivity index (χ2n) is 8.01. The van der Waals surface area contributed by atoms with E-state index >= 15 is 0 Å². The average Bonchev–Trinajstić information content (AvgIpc) is 3.43. The van der Waals surface area contributed by atoms with E-state index in [-0.39, 0.29) is 5.41 Å². The van der Waals surface area contributed by atoms with Crippen molar-refractivity contribution < 1.29 is 9.59 Å². The van der Waals surface area contributed by atoms with Gasteiger partial charge in [-0.3, -0.25) is 9.59 Å². The lowest BCUT2D eigenvalue weighted by Crippen LogP contribution is -2.54. The van der Waals surface area contributed by atoms with Gasteiger partial charge >= 0.3 is 0 Å². The van der Waals surface area contributed by atoms with E-state index in [0.29, 0.717) is 17.9 Å². The number of aromatic nitrogens is 1. The van der Waals surface area contributed by atoms with E-state index in [1.54, 1.807) is 18.3 Å². The van der Waals surface area contributed by atoms with Crippen LogP contribution in [0.4, 0.5) is 5.82 Å². The molecule has 3 heterocycles. The molecule has 2 saturated heterocycles. The monoisotopic (exact) mass is 342 g/mol. The molecule has 6 nitrogen and oxygen atoms in total. The quantitative estimate of drug-likeness (QED) is 0.905. The predicted octanol–water partition coefficient (Wildman–Crippen LogP) is 1.80. The van der Waals surface area contributed by atoms with Crippen LogP contribution in [0.2, 0.25) is 0 Å². The van der Waals surface area contributed by atoms with Crippen molar-refractivity contribution in [1.82, 2.24) is 9.88 Å². The van der Waals surface area contributed by atoms with Crippen molar-refractivity contribution in [1.29, 1.82) is 0 Å². The van der Waals surface area contributed by atoms with E-state index in [0.717, 1.165) is 57.2 Å². The number of carbonyl (C=O) groups is 2. The summed E-state index contributed by atoms with van der Waals surface area (Å²) in [6, 6.07) is 3.44. The topological polar surface area (TPSA) is 79.5 Å². The molecule has 0 aromatic carbocycles. The van der Waals surface area contributed by atoms with Crippen molar-refractivity contribution in [3.8, 4) is 0 Å². The van der Waals surface area contributed by atoms with Gasteiger partial charge in [0.25, 0.3) is 0 Å². The molecule has 1 saturated carbocycles. The zero-order chi connectivity index (χ0) is 17.4.